The Hall–Kier alpha value is -2.88. The Bertz CT molecular complexity index is 1200. The quantitative estimate of drug-likeness (QED) is 0.432. The molecule has 4 aliphatic rings. The Labute approximate surface area is 224 Å². The largest absolute Gasteiger partial charge is 0.488 e. The van der Waals surface area contributed by atoms with Crippen LogP contribution in [0.4, 0.5) is 4.79 Å². The van der Waals surface area contributed by atoms with Crippen LogP contribution < -0.4 is 10.1 Å². The second kappa shape index (κ2) is 9.45. The Morgan fingerprint density at radius 1 is 1.19 bits per heavy atom. The van der Waals surface area contributed by atoms with Gasteiger partial charge in [-0.3, -0.25) is 19.7 Å². The molecule has 0 bridgehead atoms. The molecule has 5 rings (SSSR count). The van der Waals surface area contributed by atoms with Crippen molar-refractivity contribution in [3.8, 4) is 5.75 Å². The maximum Gasteiger partial charge on any atom is 0.410 e. The van der Waals surface area contributed by atoms with Gasteiger partial charge in [-0.25, -0.2) is 4.79 Å². The van der Waals surface area contributed by atoms with Gasteiger partial charge in [0.15, 0.2) is 0 Å². The summed E-state index contributed by atoms with van der Waals surface area (Å²) < 4.78 is 12.5. The maximum absolute atomic E-state index is 13.1. The number of carbonyl (C=O) groups is 4. The second-order valence-corrected chi connectivity index (χ2v) is 12.3. The molecule has 9 nitrogen and oxygen atoms in total. The first-order valence-corrected chi connectivity index (χ1v) is 13.5. The maximum atomic E-state index is 13.1. The van der Waals surface area contributed by atoms with E-state index in [1.54, 1.807) is 17.0 Å². The van der Waals surface area contributed by atoms with Crippen LogP contribution in [0.2, 0.25) is 0 Å². The second-order valence-electron chi connectivity index (χ2n) is 11.5. The van der Waals surface area contributed by atoms with Crippen molar-refractivity contribution >= 4 is 39.7 Å². The molecule has 1 aromatic rings. The number of amides is 4. The van der Waals surface area contributed by atoms with Gasteiger partial charge in [-0.05, 0) is 80.1 Å². The third kappa shape index (κ3) is 5.12. The number of carbonyl (C=O) groups excluding carboxylic acids is 4. The monoisotopic (exact) mass is 573 g/mol. The fraction of sp³-hybridized carbons (Fsp3) is 0.556. The first kappa shape index (κ1) is 25.8. The molecule has 2 fully saturated rings. The Balaban J connectivity index is 1.20. The smallest absolute Gasteiger partial charge is 0.410 e. The summed E-state index contributed by atoms with van der Waals surface area (Å²) in [5.41, 5.74) is 2.09. The third-order valence-electron chi connectivity index (χ3n) is 7.52. The number of ether oxygens (including phenoxy) is 2. The highest BCUT2D eigenvalue weighted by atomic mass is 79.9. The third-order valence-corrected chi connectivity index (χ3v) is 8.15. The SMILES string of the molecule is CC(C)(C)OC(=O)N1CC2(CC=C(COc3c(Br)ccc4c3CN(C3CCC(=O)NC3=O)C4=O)CC2)C1. The zero-order valence-electron chi connectivity index (χ0n) is 21.4. The van der Waals surface area contributed by atoms with Crippen LogP contribution >= 0.6 is 15.9 Å². The number of nitrogens with one attached hydrogen (secondary N) is 1. The van der Waals surface area contributed by atoms with Crippen LogP contribution in [0.5, 0.6) is 5.75 Å². The molecule has 1 aromatic carbocycles. The predicted octanol–water partition coefficient (Wildman–Crippen LogP) is 3.94. The number of piperidine rings is 1. The minimum Gasteiger partial charge on any atom is -0.488 e. The molecule has 1 aliphatic carbocycles. The average molecular weight is 574 g/mol. The molecule has 3 aliphatic heterocycles. The summed E-state index contributed by atoms with van der Waals surface area (Å²) in [5, 5.41) is 2.33. The van der Waals surface area contributed by atoms with Crippen molar-refractivity contribution in [2.75, 3.05) is 19.7 Å². The van der Waals surface area contributed by atoms with Gasteiger partial charge in [0.2, 0.25) is 11.8 Å². The van der Waals surface area contributed by atoms with Gasteiger partial charge < -0.3 is 19.3 Å². The summed E-state index contributed by atoms with van der Waals surface area (Å²) >= 11 is 3.56. The Kier molecular flexibility index (Phi) is 6.58. The van der Waals surface area contributed by atoms with Gasteiger partial charge in [0.1, 0.15) is 24.0 Å². The minimum atomic E-state index is -0.663. The number of fused-ring (bicyclic) bond motifs is 1. The van der Waals surface area contributed by atoms with Crippen LogP contribution in [0.15, 0.2) is 28.3 Å². The number of halogens is 1. The minimum absolute atomic E-state index is 0.115. The van der Waals surface area contributed by atoms with Crippen molar-refractivity contribution in [1.82, 2.24) is 15.1 Å². The molecule has 3 heterocycles. The summed E-state index contributed by atoms with van der Waals surface area (Å²) in [7, 11) is 0. The predicted molar refractivity (Wildman–Crippen MR) is 138 cm³/mol. The van der Waals surface area contributed by atoms with Gasteiger partial charge >= 0.3 is 6.09 Å². The van der Waals surface area contributed by atoms with Gasteiger partial charge in [0, 0.05) is 36.1 Å². The number of nitrogens with zero attached hydrogens (tertiary/aromatic N) is 2. The van der Waals surface area contributed by atoms with Crippen LogP contribution in [-0.4, -0.2) is 65.0 Å². The fourth-order valence-corrected chi connectivity index (χ4v) is 6.02. The summed E-state index contributed by atoms with van der Waals surface area (Å²) in [4.78, 5) is 52.6. The molecule has 2 saturated heterocycles. The van der Waals surface area contributed by atoms with Crippen molar-refractivity contribution in [3.05, 3.63) is 39.4 Å². The number of hydrogen-bond acceptors (Lipinski definition) is 6. The molecular formula is C27H32BrN3O6. The fourth-order valence-electron chi connectivity index (χ4n) is 5.53. The van der Waals surface area contributed by atoms with Crippen LogP contribution in [0, 0.1) is 5.41 Å². The zero-order valence-corrected chi connectivity index (χ0v) is 23.0. The van der Waals surface area contributed by atoms with Crippen LogP contribution in [-0.2, 0) is 20.9 Å². The lowest BCUT2D eigenvalue weighted by molar-refractivity contribution is -0.136. The van der Waals surface area contributed by atoms with Crippen molar-refractivity contribution in [3.63, 3.8) is 0 Å². The van der Waals surface area contributed by atoms with E-state index in [1.165, 1.54) is 10.5 Å². The molecule has 1 atom stereocenters. The van der Waals surface area contributed by atoms with Crippen LogP contribution in [0.3, 0.4) is 0 Å². The number of benzene rings is 1. The number of rotatable bonds is 4. The summed E-state index contributed by atoms with van der Waals surface area (Å²) in [6.45, 7) is 7.72. The number of imide groups is 1. The first-order valence-electron chi connectivity index (χ1n) is 12.7. The summed E-state index contributed by atoms with van der Waals surface area (Å²) in [6.07, 6.45) is 5.26. The molecular weight excluding hydrogens is 542 g/mol. The summed E-state index contributed by atoms with van der Waals surface area (Å²) in [6, 6.07) is 2.88. The highest BCUT2D eigenvalue weighted by Gasteiger charge is 2.46. The van der Waals surface area contributed by atoms with E-state index in [9.17, 15) is 19.2 Å². The van der Waals surface area contributed by atoms with E-state index in [2.05, 4.69) is 27.3 Å². The van der Waals surface area contributed by atoms with Crippen molar-refractivity contribution < 1.29 is 28.7 Å². The van der Waals surface area contributed by atoms with E-state index in [0.717, 1.165) is 29.3 Å². The molecule has 4 amide bonds. The van der Waals surface area contributed by atoms with Gasteiger partial charge in [0.05, 0.1) is 11.0 Å². The van der Waals surface area contributed by atoms with E-state index in [1.807, 2.05) is 20.8 Å². The topological polar surface area (TPSA) is 105 Å². The van der Waals surface area contributed by atoms with E-state index >= 15 is 0 Å². The molecule has 37 heavy (non-hydrogen) atoms. The number of hydrogen-bond donors (Lipinski definition) is 1. The molecule has 1 unspecified atom stereocenters. The number of allylic oxidation sites excluding steroid dienone is 1. The van der Waals surface area contributed by atoms with Crippen LogP contribution in [0.1, 0.15) is 68.8 Å². The lowest BCUT2D eigenvalue weighted by atomic mass is 9.69. The zero-order chi connectivity index (χ0) is 26.5. The highest BCUT2D eigenvalue weighted by Crippen LogP contribution is 2.44. The van der Waals surface area contributed by atoms with E-state index in [-0.39, 0.29) is 36.3 Å². The normalized spacial score (nSPS) is 22.9. The first-order chi connectivity index (χ1) is 17.4. The summed E-state index contributed by atoms with van der Waals surface area (Å²) in [5.74, 6) is -0.345. The standard InChI is InChI=1S/C27H32BrN3O6/c1-26(2,3)37-25(35)30-14-27(15-30)10-8-16(9-11-27)13-36-22-18-12-31(20-6-7-21(32)29-23(20)33)24(34)17(18)4-5-19(22)28/h4-5,8,20H,6-7,9-15H2,1-3H3,(H,29,32,33). The van der Waals surface area contributed by atoms with Gasteiger partial charge in [-0.1, -0.05) is 6.08 Å². The molecule has 10 heteroatoms. The van der Waals surface area contributed by atoms with Gasteiger partial charge in [-0.2, -0.15) is 0 Å². The van der Waals surface area contributed by atoms with Gasteiger partial charge in [-0.15, -0.1) is 0 Å². The average Bonchev–Trinajstić information content (AvgIpc) is 3.12. The van der Waals surface area contributed by atoms with E-state index < -0.39 is 17.6 Å². The van der Waals surface area contributed by atoms with E-state index in [0.29, 0.717) is 37.4 Å². The van der Waals surface area contributed by atoms with Gasteiger partial charge in [0.25, 0.3) is 5.91 Å². The van der Waals surface area contributed by atoms with Crippen LogP contribution in [0.25, 0.3) is 0 Å². The van der Waals surface area contributed by atoms with Crippen molar-refractivity contribution in [2.45, 2.75) is 71.1 Å². The highest BCUT2D eigenvalue weighted by molar-refractivity contribution is 9.10. The molecule has 1 N–H and O–H groups in total. The molecule has 0 radical (unpaired) electrons. The Morgan fingerprint density at radius 3 is 2.59 bits per heavy atom. The lowest BCUT2D eigenvalue weighted by Crippen LogP contribution is -2.59. The van der Waals surface area contributed by atoms with E-state index in [4.69, 9.17) is 9.47 Å². The Morgan fingerprint density at radius 2 is 1.95 bits per heavy atom. The number of likely N-dealkylation sites (tertiary alicyclic amines) is 1. The van der Waals surface area contributed by atoms with Crippen molar-refractivity contribution in [1.29, 1.82) is 0 Å². The molecule has 0 aromatic heterocycles. The molecule has 0 saturated carbocycles. The van der Waals surface area contributed by atoms with Crippen molar-refractivity contribution in [2.24, 2.45) is 5.41 Å². The molecule has 198 valence electrons. The molecule has 1 spiro atoms. The lowest BCUT2D eigenvalue weighted by Gasteiger charge is -2.51.